The lowest BCUT2D eigenvalue weighted by molar-refractivity contribution is -0.138. The van der Waals surface area contributed by atoms with Crippen molar-refractivity contribution in [3.8, 4) is 5.75 Å². The molecular weight excluding hydrogens is 226 g/mol. The Morgan fingerprint density at radius 1 is 1.56 bits per heavy atom. The van der Waals surface area contributed by atoms with Crippen LogP contribution in [0.5, 0.6) is 5.75 Å². The predicted octanol–water partition coefficient (Wildman–Crippen LogP) is 2.58. The zero-order chi connectivity index (χ0) is 11.7. The standard InChI is InChI=1S/C11H11NO3S/c1-2-6(11(14)15)7-3-8-10(4-9(7)13)16-5-12-8/h3-6,13H,2H2,1H3,(H,14,15). The van der Waals surface area contributed by atoms with Gasteiger partial charge in [0, 0.05) is 5.56 Å². The van der Waals surface area contributed by atoms with Crippen LogP contribution in [-0.2, 0) is 4.79 Å². The highest BCUT2D eigenvalue weighted by Crippen LogP contribution is 2.33. The van der Waals surface area contributed by atoms with E-state index >= 15 is 0 Å². The molecule has 1 unspecified atom stereocenters. The number of fused-ring (bicyclic) bond motifs is 1. The van der Waals surface area contributed by atoms with E-state index in [4.69, 9.17) is 5.11 Å². The van der Waals surface area contributed by atoms with E-state index in [1.807, 2.05) is 0 Å². The molecule has 0 saturated heterocycles. The number of aromatic hydroxyl groups is 1. The summed E-state index contributed by atoms with van der Waals surface area (Å²) in [6, 6.07) is 3.23. The SMILES string of the molecule is CCC(C(=O)O)c1cc2ncsc2cc1O. The second kappa shape index (κ2) is 4.09. The third-order valence-electron chi connectivity index (χ3n) is 2.56. The molecule has 1 aromatic carbocycles. The third-order valence-corrected chi connectivity index (χ3v) is 3.35. The molecule has 0 saturated carbocycles. The Morgan fingerprint density at radius 2 is 2.31 bits per heavy atom. The maximum atomic E-state index is 11.0. The maximum absolute atomic E-state index is 11.0. The second-order valence-electron chi connectivity index (χ2n) is 3.53. The van der Waals surface area contributed by atoms with Gasteiger partial charge in [0.05, 0.1) is 21.6 Å². The lowest BCUT2D eigenvalue weighted by Crippen LogP contribution is -2.10. The van der Waals surface area contributed by atoms with Crippen LogP contribution in [0.15, 0.2) is 17.6 Å². The quantitative estimate of drug-likeness (QED) is 0.860. The van der Waals surface area contributed by atoms with Gasteiger partial charge in [-0.25, -0.2) is 4.98 Å². The average Bonchev–Trinajstić information content (AvgIpc) is 2.65. The van der Waals surface area contributed by atoms with Gasteiger partial charge in [0.1, 0.15) is 5.75 Å². The number of aromatic nitrogens is 1. The molecule has 1 atom stereocenters. The molecule has 0 bridgehead atoms. The summed E-state index contributed by atoms with van der Waals surface area (Å²) >= 11 is 1.42. The molecule has 2 N–H and O–H groups in total. The number of thiazole rings is 1. The first kappa shape index (κ1) is 10.9. The summed E-state index contributed by atoms with van der Waals surface area (Å²) < 4.78 is 0.862. The largest absolute Gasteiger partial charge is 0.508 e. The molecule has 0 spiro atoms. The van der Waals surface area contributed by atoms with Crippen molar-refractivity contribution in [2.45, 2.75) is 19.3 Å². The molecule has 16 heavy (non-hydrogen) atoms. The number of aliphatic carboxylic acids is 1. The van der Waals surface area contributed by atoms with E-state index in [1.54, 1.807) is 24.6 Å². The molecule has 4 nitrogen and oxygen atoms in total. The lowest BCUT2D eigenvalue weighted by atomic mass is 9.95. The summed E-state index contributed by atoms with van der Waals surface area (Å²) in [4.78, 5) is 15.1. The van der Waals surface area contributed by atoms with Gasteiger partial charge in [-0.05, 0) is 18.6 Å². The molecule has 0 aliphatic heterocycles. The second-order valence-corrected chi connectivity index (χ2v) is 4.42. The summed E-state index contributed by atoms with van der Waals surface area (Å²) in [6.07, 6.45) is 0.443. The lowest BCUT2D eigenvalue weighted by Gasteiger charge is -2.11. The summed E-state index contributed by atoms with van der Waals surface area (Å²) in [7, 11) is 0. The van der Waals surface area contributed by atoms with Crippen LogP contribution in [0.3, 0.4) is 0 Å². The zero-order valence-corrected chi connectivity index (χ0v) is 9.49. The number of benzene rings is 1. The molecule has 2 aromatic rings. The Balaban J connectivity index is 2.57. The number of phenolic OH excluding ortho intramolecular Hbond substituents is 1. The predicted molar refractivity (Wildman–Crippen MR) is 62.0 cm³/mol. The first-order valence-electron chi connectivity index (χ1n) is 4.92. The van der Waals surface area contributed by atoms with Gasteiger partial charge in [0.25, 0.3) is 0 Å². The zero-order valence-electron chi connectivity index (χ0n) is 8.67. The Morgan fingerprint density at radius 3 is 2.94 bits per heavy atom. The smallest absolute Gasteiger partial charge is 0.311 e. The summed E-state index contributed by atoms with van der Waals surface area (Å²) in [5.41, 5.74) is 2.85. The van der Waals surface area contributed by atoms with E-state index in [-0.39, 0.29) is 5.75 Å². The number of phenols is 1. The van der Waals surface area contributed by atoms with Crippen molar-refractivity contribution in [2.75, 3.05) is 0 Å². The molecule has 0 amide bonds. The van der Waals surface area contributed by atoms with Crippen LogP contribution in [0.2, 0.25) is 0 Å². The van der Waals surface area contributed by atoms with Crippen molar-refractivity contribution in [1.29, 1.82) is 0 Å². The van der Waals surface area contributed by atoms with Crippen molar-refractivity contribution in [2.24, 2.45) is 0 Å². The molecule has 0 aliphatic carbocycles. The number of carbonyl (C=O) groups is 1. The number of carboxylic acids is 1. The molecule has 5 heteroatoms. The molecule has 1 heterocycles. The Hall–Kier alpha value is -1.62. The molecule has 84 valence electrons. The van der Waals surface area contributed by atoms with E-state index in [0.29, 0.717) is 12.0 Å². The van der Waals surface area contributed by atoms with E-state index < -0.39 is 11.9 Å². The minimum absolute atomic E-state index is 0.0333. The van der Waals surface area contributed by atoms with Gasteiger partial charge in [0.15, 0.2) is 0 Å². The van der Waals surface area contributed by atoms with Crippen LogP contribution in [0.25, 0.3) is 10.2 Å². The average molecular weight is 237 g/mol. The Kier molecular flexibility index (Phi) is 2.78. The van der Waals surface area contributed by atoms with Gasteiger partial charge in [-0.3, -0.25) is 4.79 Å². The van der Waals surface area contributed by atoms with Crippen LogP contribution in [-0.4, -0.2) is 21.2 Å². The molecule has 0 radical (unpaired) electrons. The summed E-state index contributed by atoms with van der Waals surface area (Å²) in [6.45, 7) is 1.78. The highest BCUT2D eigenvalue weighted by atomic mass is 32.1. The van der Waals surface area contributed by atoms with Crippen molar-refractivity contribution in [3.63, 3.8) is 0 Å². The minimum Gasteiger partial charge on any atom is -0.508 e. The number of nitrogens with zero attached hydrogens (tertiary/aromatic N) is 1. The van der Waals surface area contributed by atoms with Crippen LogP contribution in [0, 0.1) is 0 Å². The first-order valence-corrected chi connectivity index (χ1v) is 5.80. The maximum Gasteiger partial charge on any atom is 0.311 e. The van der Waals surface area contributed by atoms with Gasteiger partial charge in [-0.15, -0.1) is 11.3 Å². The van der Waals surface area contributed by atoms with E-state index in [2.05, 4.69) is 4.98 Å². The summed E-state index contributed by atoms with van der Waals surface area (Å²) in [5, 5.41) is 18.8. The highest BCUT2D eigenvalue weighted by molar-refractivity contribution is 7.16. The van der Waals surface area contributed by atoms with Gasteiger partial charge < -0.3 is 10.2 Å². The number of rotatable bonds is 3. The number of hydrogen-bond donors (Lipinski definition) is 2. The molecule has 0 fully saturated rings. The van der Waals surface area contributed by atoms with Crippen LogP contribution in [0.1, 0.15) is 24.8 Å². The van der Waals surface area contributed by atoms with Gasteiger partial charge >= 0.3 is 5.97 Å². The molecule has 2 rings (SSSR count). The van der Waals surface area contributed by atoms with Gasteiger partial charge in [0.2, 0.25) is 0 Å². The third kappa shape index (κ3) is 1.74. The Labute approximate surface area is 96.2 Å². The minimum atomic E-state index is -0.924. The Bertz CT molecular complexity index is 535. The monoisotopic (exact) mass is 237 g/mol. The number of hydrogen-bond acceptors (Lipinski definition) is 4. The normalized spacial score (nSPS) is 12.8. The molecular formula is C11H11NO3S. The fourth-order valence-corrected chi connectivity index (χ4v) is 2.41. The topological polar surface area (TPSA) is 70.4 Å². The first-order chi connectivity index (χ1) is 7.63. The van der Waals surface area contributed by atoms with Crippen molar-refractivity contribution >= 4 is 27.5 Å². The van der Waals surface area contributed by atoms with Crippen LogP contribution >= 0.6 is 11.3 Å². The van der Waals surface area contributed by atoms with Crippen molar-refractivity contribution in [1.82, 2.24) is 4.98 Å². The van der Waals surface area contributed by atoms with E-state index in [0.717, 1.165) is 10.2 Å². The van der Waals surface area contributed by atoms with E-state index in [9.17, 15) is 9.90 Å². The van der Waals surface area contributed by atoms with Crippen LogP contribution in [0.4, 0.5) is 0 Å². The van der Waals surface area contributed by atoms with Crippen LogP contribution < -0.4 is 0 Å². The van der Waals surface area contributed by atoms with Gasteiger partial charge in [-0.2, -0.15) is 0 Å². The van der Waals surface area contributed by atoms with Gasteiger partial charge in [-0.1, -0.05) is 6.92 Å². The highest BCUT2D eigenvalue weighted by Gasteiger charge is 2.21. The number of carboxylic acid groups (broad SMARTS) is 1. The molecule has 0 aliphatic rings. The van der Waals surface area contributed by atoms with Crippen molar-refractivity contribution < 1.29 is 15.0 Å². The summed E-state index contributed by atoms with van der Waals surface area (Å²) in [5.74, 6) is -1.57. The van der Waals surface area contributed by atoms with Crippen molar-refractivity contribution in [3.05, 3.63) is 23.2 Å². The van der Waals surface area contributed by atoms with E-state index in [1.165, 1.54) is 11.3 Å². The fourth-order valence-electron chi connectivity index (χ4n) is 1.72. The molecule has 1 aromatic heterocycles. The fraction of sp³-hybridized carbons (Fsp3) is 0.273.